The summed E-state index contributed by atoms with van der Waals surface area (Å²) in [6, 6.07) is 0. The van der Waals surface area contributed by atoms with Crippen LogP contribution in [0.1, 0.15) is 25.7 Å². The third-order valence-corrected chi connectivity index (χ3v) is 4.24. The summed E-state index contributed by atoms with van der Waals surface area (Å²) < 4.78 is 11.1. The zero-order valence-electron chi connectivity index (χ0n) is 12.6. The summed E-state index contributed by atoms with van der Waals surface area (Å²) in [6.45, 7) is 9.67. The smallest absolute Gasteiger partial charge is 0.0599 e. The number of hydrogen-bond donors (Lipinski definition) is 1. The Kier molecular flexibility index (Phi) is 7.83. The molecule has 0 aliphatic carbocycles. The summed E-state index contributed by atoms with van der Waals surface area (Å²) in [5, 5.41) is 8.74. The molecule has 20 heavy (non-hydrogen) atoms. The van der Waals surface area contributed by atoms with E-state index >= 15 is 0 Å². The molecule has 5 nitrogen and oxygen atoms in total. The van der Waals surface area contributed by atoms with Gasteiger partial charge in [-0.15, -0.1) is 0 Å². The minimum absolute atomic E-state index is 0.236. The molecular formula is C15H30N2O3. The number of likely N-dealkylation sites (tertiary alicyclic amines) is 1. The lowest BCUT2D eigenvalue weighted by atomic mass is 10.1. The normalized spacial score (nSPS) is 23.2. The molecule has 0 bridgehead atoms. The Balaban J connectivity index is 1.48. The van der Waals surface area contributed by atoms with Crippen molar-refractivity contribution in [2.24, 2.45) is 0 Å². The van der Waals surface area contributed by atoms with Crippen molar-refractivity contribution in [1.29, 1.82) is 0 Å². The van der Waals surface area contributed by atoms with Gasteiger partial charge in [-0.3, -0.25) is 4.90 Å². The molecule has 0 spiro atoms. The van der Waals surface area contributed by atoms with Crippen LogP contribution in [0.4, 0.5) is 0 Å². The predicted molar refractivity (Wildman–Crippen MR) is 79.0 cm³/mol. The highest BCUT2D eigenvalue weighted by molar-refractivity contribution is 4.73. The highest BCUT2D eigenvalue weighted by Gasteiger charge is 2.19. The third-order valence-electron chi connectivity index (χ3n) is 4.24. The largest absolute Gasteiger partial charge is 0.396 e. The van der Waals surface area contributed by atoms with Crippen molar-refractivity contribution in [3.63, 3.8) is 0 Å². The average Bonchev–Trinajstić information content (AvgIpc) is 2.50. The van der Waals surface area contributed by atoms with Crippen molar-refractivity contribution >= 4 is 0 Å². The van der Waals surface area contributed by atoms with Gasteiger partial charge in [-0.1, -0.05) is 0 Å². The Morgan fingerprint density at radius 3 is 2.25 bits per heavy atom. The van der Waals surface area contributed by atoms with E-state index < -0.39 is 0 Å². The average molecular weight is 286 g/mol. The maximum Gasteiger partial charge on any atom is 0.0599 e. The summed E-state index contributed by atoms with van der Waals surface area (Å²) in [5.74, 6) is 0. The van der Waals surface area contributed by atoms with E-state index in [1.165, 1.54) is 19.5 Å². The summed E-state index contributed by atoms with van der Waals surface area (Å²) in [6.07, 6.45) is 4.72. The number of morpholine rings is 1. The minimum atomic E-state index is 0.236. The Labute approximate surface area is 122 Å². The Morgan fingerprint density at radius 2 is 1.60 bits per heavy atom. The molecule has 0 saturated carbocycles. The molecular weight excluding hydrogens is 256 g/mol. The minimum Gasteiger partial charge on any atom is -0.396 e. The molecule has 0 aromatic rings. The van der Waals surface area contributed by atoms with Crippen molar-refractivity contribution in [3.05, 3.63) is 0 Å². The lowest BCUT2D eigenvalue weighted by Crippen LogP contribution is -2.40. The van der Waals surface area contributed by atoms with Crippen molar-refractivity contribution in [3.8, 4) is 0 Å². The van der Waals surface area contributed by atoms with Gasteiger partial charge in [0.2, 0.25) is 0 Å². The maximum atomic E-state index is 8.74. The number of ether oxygens (including phenoxy) is 2. The summed E-state index contributed by atoms with van der Waals surface area (Å²) in [5.41, 5.74) is 0. The van der Waals surface area contributed by atoms with Gasteiger partial charge >= 0.3 is 0 Å². The molecule has 5 heteroatoms. The van der Waals surface area contributed by atoms with E-state index in [0.29, 0.717) is 12.7 Å². The summed E-state index contributed by atoms with van der Waals surface area (Å²) >= 11 is 0. The van der Waals surface area contributed by atoms with Crippen LogP contribution in [0.5, 0.6) is 0 Å². The summed E-state index contributed by atoms with van der Waals surface area (Å²) in [7, 11) is 0. The molecule has 1 N–H and O–H groups in total. The van der Waals surface area contributed by atoms with Crippen LogP contribution >= 0.6 is 0 Å². The van der Waals surface area contributed by atoms with Crippen molar-refractivity contribution in [2.75, 3.05) is 65.7 Å². The molecule has 0 amide bonds. The monoisotopic (exact) mass is 286 g/mol. The van der Waals surface area contributed by atoms with Crippen molar-refractivity contribution in [1.82, 2.24) is 9.80 Å². The second-order valence-electron chi connectivity index (χ2n) is 5.80. The molecule has 2 aliphatic rings. The number of rotatable bonds is 8. The van der Waals surface area contributed by atoms with Crippen LogP contribution < -0.4 is 0 Å². The van der Waals surface area contributed by atoms with Gasteiger partial charge in [-0.25, -0.2) is 0 Å². The van der Waals surface area contributed by atoms with Gasteiger partial charge in [-0.2, -0.15) is 0 Å². The Morgan fingerprint density at radius 1 is 0.950 bits per heavy atom. The Bertz CT molecular complexity index is 239. The van der Waals surface area contributed by atoms with Crippen LogP contribution in [0.15, 0.2) is 0 Å². The number of aliphatic hydroxyl groups is 1. The first-order valence-corrected chi connectivity index (χ1v) is 8.13. The molecule has 2 aliphatic heterocycles. The number of aliphatic hydroxyl groups excluding tert-OH is 1. The number of hydrogen-bond acceptors (Lipinski definition) is 5. The van der Waals surface area contributed by atoms with E-state index in [1.807, 2.05) is 0 Å². The fourth-order valence-electron chi connectivity index (χ4n) is 2.96. The molecule has 2 saturated heterocycles. The molecule has 2 heterocycles. The fraction of sp³-hybridized carbons (Fsp3) is 1.00. The lowest BCUT2D eigenvalue weighted by Gasteiger charge is -2.33. The quantitative estimate of drug-likeness (QED) is 0.661. The van der Waals surface area contributed by atoms with Crippen LogP contribution in [0.2, 0.25) is 0 Å². The van der Waals surface area contributed by atoms with Crippen LogP contribution in [0, 0.1) is 0 Å². The standard InChI is InChI=1S/C15H30N2O3/c18-11-2-12-20-15-3-7-16(8-4-15)5-1-6-17-9-13-19-14-10-17/h15,18H,1-14H2. The lowest BCUT2D eigenvalue weighted by molar-refractivity contribution is 0.000511. The van der Waals surface area contributed by atoms with E-state index in [4.69, 9.17) is 14.6 Å². The van der Waals surface area contributed by atoms with E-state index in [0.717, 1.165) is 58.7 Å². The highest BCUT2D eigenvalue weighted by Crippen LogP contribution is 2.14. The van der Waals surface area contributed by atoms with Crippen LogP contribution in [0.25, 0.3) is 0 Å². The molecule has 0 atom stereocenters. The third kappa shape index (κ3) is 6.06. The first-order valence-electron chi connectivity index (χ1n) is 8.13. The van der Waals surface area contributed by atoms with Crippen LogP contribution in [0.3, 0.4) is 0 Å². The highest BCUT2D eigenvalue weighted by atomic mass is 16.5. The molecule has 0 aromatic carbocycles. The van der Waals surface area contributed by atoms with E-state index in [9.17, 15) is 0 Å². The first-order chi connectivity index (χ1) is 9.88. The molecule has 118 valence electrons. The van der Waals surface area contributed by atoms with Crippen molar-refractivity contribution in [2.45, 2.75) is 31.8 Å². The van der Waals surface area contributed by atoms with Crippen molar-refractivity contribution < 1.29 is 14.6 Å². The fourth-order valence-corrected chi connectivity index (χ4v) is 2.96. The van der Waals surface area contributed by atoms with Gasteiger partial charge in [0.1, 0.15) is 0 Å². The maximum absolute atomic E-state index is 8.74. The van der Waals surface area contributed by atoms with Crippen LogP contribution in [-0.2, 0) is 9.47 Å². The number of nitrogens with zero attached hydrogens (tertiary/aromatic N) is 2. The van der Waals surface area contributed by atoms with E-state index in [-0.39, 0.29) is 6.61 Å². The molecule has 2 fully saturated rings. The second kappa shape index (κ2) is 9.68. The molecule has 0 aromatic heterocycles. The molecule has 0 unspecified atom stereocenters. The van der Waals surface area contributed by atoms with Gasteiger partial charge in [0.15, 0.2) is 0 Å². The second-order valence-corrected chi connectivity index (χ2v) is 5.80. The van der Waals surface area contributed by atoms with Gasteiger partial charge in [0, 0.05) is 39.4 Å². The predicted octanol–water partition coefficient (Wildman–Crippen LogP) is 0.572. The summed E-state index contributed by atoms with van der Waals surface area (Å²) in [4.78, 5) is 5.07. The molecule has 0 radical (unpaired) electrons. The van der Waals surface area contributed by atoms with Gasteiger partial charge < -0.3 is 19.5 Å². The van der Waals surface area contributed by atoms with Crippen LogP contribution in [-0.4, -0.2) is 86.7 Å². The zero-order chi connectivity index (χ0) is 14.0. The molecule has 2 rings (SSSR count). The van der Waals surface area contributed by atoms with Gasteiger partial charge in [0.25, 0.3) is 0 Å². The topological polar surface area (TPSA) is 45.2 Å². The van der Waals surface area contributed by atoms with E-state index in [2.05, 4.69) is 9.80 Å². The zero-order valence-corrected chi connectivity index (χ0v) is 12.6. The number of piperidine rings is 1. The first kappa shape index (κ1) is 16.2. The van der Waals surface area contributed by atoms with Gasteiger partial charge in [-0.05, 0) is 38.8 Å². The van der Waals surface area contributed by atoms with Gasteiger partial charge in [0.05, 0.1) is 19.3 Å². The van der Waals surface area contributed by atoms with E-state index in [1.54, 1.807) is 0 Å². The SMILES string of the molecule is OCCCOC1CCN(CCCN2CCOCC2)CC1. The Hall–Kier alpha value is -0.200.